The number of carbonyl (C=O) groups excluding carboxylic acids is 2. The number of nitrogens with zero attached hydrogens (tertiary/aromatic N) is 3. The molecule has 7 nitrogen and oxygen atoms in total. The summed E-state index contributed by atoms with van der Waals surface area (Å²) in [5.74, 6) is 0.190. The van der Waals surface area contributed by atoms with E-state index in [0.29, 0.717) is 12.5 Å². The van der Waals surface area contributed by atoms with Gasteiger partial charge in [0.2, 0.25) is 11.8 Å². The van der Waals surface area contributed by atoms with E-state index in [9.17, 15) is 9.59 Å². The van der Waals surface area contributed by atoms with Crippen LogP contribution < -0.4 is 10.6 Å². The van der Waals surface area contributed by atoms with Gasteiger partial charge in [-0.1, -0.05) is 68.3 Å². The first kappa shape index (κ1) is 30.3. The minimum atomic E-state index is -0.437. The molecular formula is C36H41N5O2S2. The monoisotopic (exact) mass is 639 g/mol. The second-order valence-corrected chi connectivity index (χ2v) is 14.7. The lowest BCUT2D eigenvalue weighted by atomic mass is 10.0. The van der Waals surface area contributed by atoms with Gasteiger partial charge in [-0.05, 0) is 73.7 Å². The predicted octanol–water partition coefficient (Wildman–Crippen LogP) is 7.77. The third kappa shape index (κ3) is 6.76. The Hall–Kier alpha value is -3.40. The first-order valence-electron chi connectivity index (χ1n) is 16.5. The number of aromatic nitrogens is 2. The van der Waals surface area contributed by atoms with Gasteiger partial charge in [0.05, 0.1) is 21.8 Å². The van der Waals surface area contributed by atoms with Crippen molar-refractivity contribution in [2.24, 2.45) is 5.92 Å². The highest BCUT2D eigenvalue weighted by Crippen LogP contribution is 2.39. The number of carbonyl (C=O) groups is 2. The van der Waals surface area contributed by atoms with Gasteiger partial charge in [0.1, 0.15) is 16.1 Å². The zero-order valence-corrected chi connectivity index (χ0v) is 27.5. The maximum absolute atomic E-state index is 13.7. The molecule has 4 heterocycles. The summed E-state index contributed by atoms with van der Waals surface area (Å²) < 4.78 is 0. The van der Waals surface area contributed by atoms with Crippen molar-refractivity contribution in [3.63, 3.8) is 0 Å². The van der Waals surface area contributed by atoms with Crippen LogP contribution in [0.25, 0.3) is 32.0 Å². The second kappa shape index (κ2) is 13.5. The number of hydrogen-bond donors (Lipinski definition) is 2. The summed E-state index contributed by atoms with van der Waals surface area (Å²) in [6.45, 7) is 3.92. The number of unbranched alkanes of at least 4 members (excludes halogenated alkanes) is 1. The van der Waals surface area contributed by atoms with Crippen LogP contribution in [0.15, 0.2) is 60.9 Å². The standard InChI is InChI=1S/C36H41N5O2S2/c1-2-3-6-29(40-33(42)27-17-18-27)36(43)41-20-5-8-30(41)35-39-22-32(45-35)26-15-11-24(12-16-26)23-9-13-25(14-10-23)31-21-38-34(44-31)28-7-4-19-37-28/h9-16,21-22,27-30,37H,2-8,17-20H2,1H3,(H,40,42)/t28-,29+,30-/m0/s1. The molecule has 45 heavy (non-hydrogen) atoms. The average molecular weight is 640 g/mol. The molecular weight excluding hydrogens is 599 g/mol. The van der Waals surface area contributed by atoms with E-state index >= 15 is 0 Å². The Balaban J connectivity index is 1.01. The van der Waals surface area contributed by atoms with Gasteiger partial charge < -0.3 is 15.5 Å². The van der Waals surface area contributed by atoms with E-state index in [1.54, 1.807) is 22.7 Å². The second-order valence-electron chi connectivity index (χ2n) is 12.6. The van der Waals surface area contributed by atoms with E-state index in [-0.39, 0.29) is 23.8 Å². The largest absolute Gasteiger partial charge is 0.344 e. The van der Waals surface area contributed by atoms with Crippen LogP contribution in [-0.2, 0) is 9.59 Å². The van der Waals surface area contributed by atoms with E-state index in [0.717, 1.165) is 67.1 Å². The SMILES string of the molecule is CCCC[C@@H](NC(=O)C1CC1)C(=O)N1CCC[C@H]1c1ncc(-c2ccc(-c3ccc(-c4cnc([C@@H]5CCCN5)s4)cc3)cc2)s1. The Morgan fingerprint density at radius 1 is 0.867 bits per heavy atom. The highest BCUT2D eigenvalue weighted by atomic mass is 32.1. The number of hydrogen-bond acceptors (Lipinski definition) is 7. The topological polar surface area (TPSA) is 87.2 Å². The Morgan fingerprint density at radius 2 is 1.49 bits per heavy atom. The highest BCUT2D eigenvalue weighted by Gasteiger charge is 2.38. The van der Waals surface area contributed by atoms with Crippen molar-refractivity contribution in [1.82, 2.24) is 25.5 Å². The van der Waals surface area contributed by atoms with E-state index in [4.69, 9.17) is 4.98 Å². The molecule has 4 aromatic rings. The van der Waals surface area contributed by atoms with Gasteiger partial charge in [-0.3, -0.25) is 9.59 Å². The summed E-state index contributed by atoms with van der Waals surface area (Å²) in [6.07, 6.45) is 12.7. The summed E-state index contributed by atoms with van der Waals surface area (Å²) in [5, 5.41) is 8.80. The molecule has 2 saturated heterocycles. The van der Waals surface area contributed by atoms with Crippen LogP contribution in [0, 0.1) is 5.92 Å². The lowest BCUT2D eigenvalue weighted by Gasteiger charge is -2.28. The first-order chi connectivity index (χ1) is 22.1. The maximum Gasteiger partial charge on any atom is 0.245 e. The van der Waals surface area contributed by atoms with Gasteiger partial charge in [-0.2, -0.15) is 0 Å². The van der Waals surface area contributed by atoms with E-state index in [1.165, 1.54) is 39.4 Å². The number of likely N-dealkylation sites (tertiary alicyclic amines) is 1. The predicted molar refractivity (Wildman–Crippen MR) is 182 cm³/mol. The maximum atomic E-state index is 13.7. The van der Waals surface area contributed by atoms with Crippen molar-refractivity contribution >= 4 is 34.5 Å². The zero-order valence-electron chi connectivity index (χ0n) is 25.8. The number of rotatable bonds is 11. The van der Waals surface area contributed by atoms with Gasteiger partial charge >= 0.3 is 0 Å². The van der Waals surface area contributed by atoms with Gasteiger partial charge in [0.25, 0.3) is 0 Å². The van der Waals surface area contributed by atoms with Crippen molar-refractivity contribution in [2.45, 2.75) is 82.8 Å². The van der Waals surface area contributed by atoms with Gasteiger partial charge in [-0.15, -0.1) is 22.7 Å². The minimum Gasteiger partial charge on any atom is -0.344 e. The van der Waals surface area contributed by atoms with Crippen molar-refractivity contribution in [1.29, 1.82) is 0 Å². The van der Waals surface area contributed by atoms with E-state index < -0.39 is 6.04 Å². The summed E-state index contributed by atoms with van der Waals surface area (Å²) in [4.78, 5) is 40.0. The smallest absolute Gasteiger partial charge is 0.245 e. The quantitative estimate of drug-likeness (QED) is 0.175. The van der Waals surface area contributed by atoms with Crippen LogP contribution >= 0.6 is 22.7 Å². The summed E-state index contributed by atoms with van der Waals surface area (Å²) in [7, 11) is 0. The summed E-state index contributed by atoms with van der Waals surface area (Å²) >= 11 is 3.46. The molecule has 0 bridgehead atoms. The molecule has 3 fully saturated rings. The fraction of sp³-hybridized carbons (Fsp3) is 0.444. The summed E-state index contributed by atoms with van der Waals surface area (Å²) in [5.41, 5.74) is 4.69. The fourth-order valence-corrected chi connectivity index (χ4v) is 8.60. The van der Waals surface area contributed by atoms with Gasteiger partial charge in [0, 0.05) is 24.9 Å². The molecule has 2 amide bonds. The molecule has 3 aliphatic rings. The molecule has 9 heteroatoms. The van der Waals surface area contributed by atoms with Gasteiger partial charge in [0.15, 0.2) is 0 Å². The van der Waals surface area contributed by atoms with Crippen molar-refractivity contribution in [2.75, 3.05) is 13.1 Å². The molecule has 0 spiro atoms. The van der Waals surface area contributed by atoms with Crippen LogP contribution in [0.3, 0.4) is 0 Å². The Morgan fingerprint density at radius 3 is 2.09 bits per heavy atom. The minimum absolute atomic E-state index is 0.0277. The van der Waals surface area contributed by atoms with E-state index in [1.807, 2.05) is 17.3 Å². The van der Waals surface area contributed by atoms with Gasteiger partial charge in [-0.25, -0.2) is 9.97 Å². The van der Waals surface area contributed by atoms with Crippen LogP contribution in [0.1, 0.15) is 86.8 Å². The highest BCUT2D eigenvalue weighted by molar-refractivity contribution is 7.15. The third-order valence-corrected chi connectivity index (χ3v) is 11.6. The molecule has 7 rings (SSSR count). The lowest BCUT2D eigenvalue weighted by Crippen LogP contribution is -2.48. The molecule has 2 N–H and O–H groups in total. The van der Waals surface area contributed by atoms with Crippen LogP contribution in [-0.4, -0.2) is 45.8 Å². The summed E-state index contributed by atoms with van der Waals surface area (Å²) in [6, 6.07) is 17.4. The molecule has 1 saturated carbocycles. The molecule has 2 aromatic heterocycles. The lowest BCUT2D eigenvalue weighted by molar-refractivity contribution is -0.137. The molecule has 1 aliphatic carbocycles. The number of nitrogens with one attached hydrogen (secondary N) is 2. The van der Waals surface area contributed by atoms with Crippen LogP contribution in [0.2, 0.25) is 0 Å². The molecule has 2 aliphatic heterocycles. The molecule has 0 radical (unpaired) electrons. The van der Waals surface area contributed by atoms with Crippen molar-refractivity contribution in [3.05, 3.63) is 70.9 Å². The Bertz CT molecular complexity index is 1620. The molecule has 2 aromatic carbocycles. The number of benzene rings is 2. The number of thiazole rings is 2. The zero-order chi connectivity index (χ0) is 30.8. The van der Waals surface area contributed by atoms with E-state index in [2.05, 4.69) is 71.1 Å². The van der Waals surface area contributed by atoms with Crippen LogP contribution in [0.4, 0.5) is 0 Å². The normalized spacial score (nSPS) is 20.4. The average Bonchev–Trinajstić information content (AvgIpc) is 3.57. The number of amides is 2. The fourth-order valence-electron chi connectivity index (χ4n) is 6.49. The van der Waals surface area contributed by atoms with Crippen molar-refractivity contribution in [3.8, 4) is 32.0 Å². The molecule has 0 unspecified atom stereocenters. The molecule has 3 atom stereocenters. The third-order valence-electron chi connectivity index (χ3n) is 9.31. The van der Waals surface area contributed by atoms with Crippen LogP contribution in [0.5, 0.6) is 0 Å². The first-order valence-corrected chi connectivity index (χ1v) is 18.2. The van der Waals surface area contributed by atoms with Crippen molar-refractivity contribution < 1.29 is 9.59 Å². The Kier molecular flexibility index (Phi) is 9.10. The Labute approximate surface area is 273 Å². The molecule has 234 valence electrons.